The fourth-order valence-electron chi connectivity index (χ4n) is 1.17. The molecule has 1 rings (SSSR count). The summed E-state index contributed by atoms with van der Waals surface area (Å²) in [4.78, 5) is 0. The Morgan fingerprint density at radius 2 is 2.14 bits per heavy atom. The van der Waals surface area contributed by atoms with E-state index in [-0.39, 0.29) is 6.61 Å². The van der Waals surface area contributed by atoms with E-state index in [0.717, 1.165) is 23.7 Å². The number of ether oxygens (including phenoxy) is 1. The summed E-state index contributed by atoms with van der Waals surface area (Å²) in [7, 11) is 1.69. The molecule has 0 heterocycles. The van der Waals surface area contributed by atoms with E-state index in [4.69, 9.17) is 9.84 Å². The molecule has 0 amide bonds. The summed E-state index contributed by atoms with van der Waals surface area (Å²) in [6.45, 7) is 0.277. The number of hydrogen-bond donors (Lipinski definition) is 1. The number of benzene rings is 1. The smallest absolute Gasteiger partial charge is 0.122 e. The first-order valence-corrected chi connectivity index (χ1v) is 5.84. The highest BCUT2D eigenvalue weighted by Crippen LogP contribution is 2.22. The molecule has 0 spiro atoms. The van der Waals surface area contributed by atoms with Crippen LogP contribution in [0.1, 0.15) is 12.0 Å². The summed E-state index contributed by atoms with van der Waals surface area (Å²) < 4.78 is 5.24. The van der Waals surface area contributed by atoms with Crippen molar-refractivity contribution >= 4 is 11.8 Å². The van der Waals surface area contributed by atoms with Gasteiger partial charge in [-0.05, 0) is 18.2 Å². The van der Waals surface area contributed by atoms with Crippen LogP contribution >= 0.6 is 11.8 Å². The lowest BCUT2D eigenvalue weighted by Gasteiger charge is -2.07. The minimum atomic E-state index is 0.277. The molecule has 0 aliphatic heterocycles. The van der Waals surface area contributed by atoms with Crippen molar-refractivity contribution in [2.24, 2.45) is 0 Å². The predicted octanol–water partition coefficient (Wildman–Crippen LogP) is 2.31. The van der Waals surface area contributed by atoms with Crippen molar-refractivity contribution in [2.75, 3.05) is 19.5 Å². The monoisotopic (exact) mass is 212 g/mol. The molecule has 1 aromatic carbocycles. The third-order valence-electron chi connectivity index (χ3n) is 1.90. The molecular weight excluding hydrogens is 196 g/mol. The minimum Gasteiger partial charge on any atom is -0.496 e. The van der Waals surface area contributed by atoms with Gasteiger partial charge in [0, 0.05) is 17.9 Å². The lowest BCUT2D eigenvalue weighted by atomic mass is 10.2. The van der Waals surface area contributed by atoms with Crippen LogP contribution in [0.4, 0.5) is 0 Å². The van der Waals surface area contributed by atoms with Crippen molar-refractivity contribution in [3.05, 3.63) is 29.8 Å². The van der Waals surface area contributed by atoms with Crippen LogP contribution in [-0.4, -0.2) is 24.6 Å². The van der Waals surface area contributed by atoms with Crippen LogP contribution in [0.3, 0.4) is 0 Å². The Kier molecular flexibility index (Phi) is 5.49. The molecule has 78 valence electrons. The molecule has 0 atom stereocenters. The van der Waals surface area contributed by atoms with Crippen LogP contribution in [0.5, 0.6) is 5.75 Å². The van der Waals surface area contributed by atoms with Gasteiger partial charge in [-0.1, -0.05) is 18.2 Å². The average molecular weight is 212 g/mol. The number of hydrogen-bond acceptors (Lipinski definition) is 3. The maximum atomic E-state index is 8.63. The maximum absolute atomic E-state index is 8.63. The van der Waals surface area contributed by atoms with E-state index in [0.29, 0.717) is 0 Å². The molecule has 3 heteroatoms. The Labute approximate surface area is 89.3 Å². The Morgan fingerprint density at radius 3 is 2.86 bits per heavy atom. The standard InChI is InChI=1S/C11H16O2S/c1-13-11-6-3-2-5-10(11)9-14-8-4-7-12/h2-3,5-6,12H,4,7-9H2,1H3. The third-order valence-corrected chi connectivity index (χ3v) is 2.99. The molecule has 1 N–H and O–H groups in total. The summed E-state index contributed by atoms with van der Waals surface area (Å²) in [5, 5.41) is 8.63. The Morgan fingerprint density at radius 1 is 1.36 bits per heavy atom. The highest BCUT2D eigenvalue weighted by Gasteiger charge is 2.00. The van der Waals surface area contributed by atoms with Gasteiger partial charge < -0.3 is 9.84 Å². The molecule has 0 radical (unpaired) electrons. The third kappa shape index (κ3) is 3.60. The van der Waals surface area contributed by atoms with E-state index < -0.39 is 0 Å². The Balaban J connectivity index is 2.41. The topological polar surface area (TPSA) is 29.5 Å². The van der Waals surface area contributed by atoms with Gasteiger partial charge in [0.2, 0.25) is 0 Å². The summed E-state index contributed by atoms with van der Waals surface area (Å²) in [5.41, 5.74) is 1.22. The second-order valence-electron chi connectivity index (χ2n) is 2.94. The van der Waals surface area contributed by atoms with E-state index in [1.54, 1.807) is 7.11 Å². The van der Waals surface area contributed by atoms with Crippen LogP contribution in [0, 0.1) is 0 Å². The molecule has 0 fully saturated rings. The fraction of sp³-hybridized carbons (Fsp3) is 0.455. The van der Waals surface area contributed by atoms with Gasteiger partial charge in [-0.2, -0.15) is 11.8 Å². The van der Waals surface area contributed by atoms with Gasteiger partial charge in [0.25, 0.3) is 0 Å². The molecule has 1 aromatic rings. The van der Waals surface area contributed by atoms with E-state index in [2.05, 4.69) is 6.07 Å². The summed E-state index contributed by atoms with van der Waals surface area (Å²) >= 11 is 1.82. The van der Waals surface area contributed by atoms with Crippen molar-refractivity contribution < 1.29 is 9.84 Å². The van der Waals surface area contributed by atoms with Crippen molar-refractivity contribution in [3.63, 3.8) is 0 Å². The van der Waals surface area contributed by atoms with Crippen LogP contribution in [-0.2, 0) is 5.75 Å². The van der Waals surface area contributed by atoms with Gasteiger partial charge in [0.15, 0.2) is 0 Å². The molecule has 0 saturated carbocycles. The molecule has 2 nitrogen and oxygen atoms in total. The lowest BCUT2D eigenvalue weighted by Crippen LogP contribution is -1.91. The largest absolute Gasteiger partial charge is 0.496 e. The second-order valence-corrected chi connectivity index (χ2v) is 4.05. The second kappa shape index (κ2) is 6.74. The molecule has 0 aromatic heterocycles. The Bertz CT molecular complexity index is 263. The lowest BCUT2D eigenvalue weighted by molar-refractivity contribution is 0.296. The number of para-hydroxylation sites is 1. The maximum Gasteiger partial charge on any atom is 0.122 e. The molecule has 14 heavy (non-hydrogen) atoms. The molecule has 0 aliphatic rings. The van der Waals surface area contributed by atoms with E-state index in [9.17, 15) is 0 Å². The minimum absolute atomic E-state index is 0.277. The SMILES string of the molecule is COc1ccccc1CSCCCO. The van der Waals surface area contributed by atoms with E-state index >= 15 is 0 Å². The zero-order chi connectivity index (χ0) is 10.2. The van der Waals surface area contributed by atoms with Crippen LogP contribution in [0.15, 0.2) is 24.3 Å². The Hall–Kier alpha value is -0.670. The molecular formula is C11H16O2S. The summed E-state index contributed by atoms with van der Waals surface area (Å²) in [6, 6.07) is 8.04. The van der Waals surface area contributed by atoms with Gasteiger partial charge in [0.05, 0.1) is 7.11 Å². The van der Waals surface area contributed by atoms with Crippen molar-refractivity contribution in [1.82, 2.24) is 0 Å². The average Bonchev–Trinajstić information content (AvgIpc) is 2.25. The number of thioether (sulfide) groups is 1. The molecule has 0 saturated heterocycles. The van der Waals surface area contributed by atoms with Crippen LogP contribution in [0.25, 0.3) is 0 Å². The quantitative estimate of drug-likeness (QED) is 0.734. The first kappa shape index (κ1) is 11.4. The summed E-state index contributed by atoms with van der Waals surface area (Å²) in [5.74, 6) is 2.89. The molecule has 0 unspecified atom stereocenters. The molecule has 0 bridgehead atoms. The van der Waals surface area contributed by atoms with Crippen LogP contribution < -0.4 is 4.74 Å². The number of rotatable bonds is 6. The summed E-state index contributed by atoms with van der Waals surface area (Å²) in [6.07, 6.45) is 0.861. The first-order chi connectivity index (χ1) is 6.88. The van der Waals surface area contributed by atoms with Gasteiger partial charge in [-0.25, -0.2) is 0 Å². The van der Waals surface area contributed by atoms with Crippen molar-refractivity contribution in [1.29, 1.82) is 0 Å². The van der Waals surface area contributed by atoms with E-state index in [1.807, 2.05) is 30.0 Å². The van der Waals surface area contributed by atoms with Crippen molar-refractivity contribution in [3.8, 4) is 5.75 Å². The van der Waals surface area contributed by atoms with Crippen molar-refractivity contribution in [2.45, 2.75) is 12.2 Å². The predicted molar refractivity (Wildman–Crippen MR) is 60.9 cm³/mol. The zero-order valence-electron chi connectivity index (χ0n) is 8.40. The van der Waals surface area contributed by atoms with E-state index in [1.165, 1.54) is 5.56 Å². The zero-order valence-corrected chi connectivity index (χ0v) is 9.22. The highest BCUT2D eigenvalue weighted by atomic mass is 32.2. The molecule has 0 aliphatic carbocycles. The van der Waals surface area contributed by atoms with Gasteiger partial charge >= 0.3 is 0 Å². The van der Waals surface area contributed by atoms with Gasteiger partial charge in [-0.3, -0.25) is 0 Å². The van der Waals surface area contributed by atoms with Crippen LogP contribution in [0.2, 0.25) is 0 Å². The number of aliphatic hydroxyl groups excluding tert-OH is 1. The highest BCUT2D eigenvalue weighted by molar-refractivity contribution is 7.98. The number of aliphatic hydroxyl groups is 1. The normalized spacial score (nSPS) is 10.1. The number of methoxy groups -OCH3 is 1. The fourth-order valence-corrected chi connectivity index (χ4v) is 2.11. The van der Waals surface area contributed by atoms with Gasteiger partial charge in [0.1, 0.15) is 5.75 Å². The van der Waals surface area contributed by atoms with Gasteiger partial charge in [-0.15, -0.1) is 0 Å². The first-order valence-electron chi connectivity index (χ1n) is 4.69.